The molecule has 10 aromatic carbocycles. The number of rotatable bonds is 6. The summed E-state index contributed by atoms with van der Waals surface area (Å²) in [5, 5.41) is 4.35. The molecule has 2 aliphatic rings. The minimum absolute atomic E-state index is 0.658. The molecule has 14 rings (SSSR count). The Morgan fingerprint density at radius 1 is 0.338 bits per heavy atom. The number of aldehydes is 2. The Kier molecular flexibility index (Phi) is 8.14. The van der Waals surface area contributed by atoms with Crippen molar-refractivity contribution in [1.82, 2.24) is 9.13 Å². The van der Waals surface area contributed by atoms with Crippen molar-refractivity contribution >= 4 is 56.2 Å². The number of aromatic nitrogens is 2. The zero-order valence-corrected chi connectivity index (χ0v) is 36.6. The van der Waals surface area contributed by atoms with E-state index in [0.29, 0.717) is 11.1 Å². The molecule has 5 nitrogen and oxygen atoms in total. The lowest BCUT2D eigenvalue weighted by molar-refractivity contribution is 0.111. The van der Waals surface area contributed by atoms with E-state index in [-0.39, 0.29) is 0 Å². The van der Waals surface area contributed by atoms with Gasteiger partial charge in [-0.2, -0.15) is 0 Å². The normalized spacial score (nSPS) is 13.1. The summed E-state index contributed by atoms with van der Waals surface area (Å²) in [5.74, 6) is 1.71. The fourth-order valence-electron chi connectivity index (χ4n) is 11.5. The van der Waals surface area contributed by atoms with Crippen LogP contribution in [-0.4, -0.2) is 21.7 Å². The first-order valence-electron chi connectivity index (χ1n) is 23.0. The van der Waals surface area contributed by atoms with Gasteiger partial charge in [0, 0.05) is 55.2 Å². The molecule has 0 N–H and O–H groups in total. The fraction of sp³-hybridized carbons (Fsp3) is 0.0159. The zero-order valence-electron chi connectivity index (χ0n) is 36.6. The first-order valence-corrected chi connectivity index (χ1v) is 23.0. The van der Waals surface area contributed by atoms with Gasteiger partial charge in [0.25, 0.3) is 0 Å². The van der Waals surface area contributed by atoms with Crippen LogP contribution in [0.25, 0.3) is 88.4 Å². The van der Waals surface area contributed by atoms with Crippen LogP contribution in [0.3, 0.4) is 0 Å². The lowest BCUT2D eigenvalue weighted by Crippen LogP contribution is -2.32. The molecule has 2 aromatic heterocycles. The molecule has 0 saturated heterocycles. The van der Waals surface area contributed by atoms with Gasteiger partial charge in [-0.05, 0) is 142 Å². The number of hydrogen-bond acceptors (Lipinski definition) is 3. The minimum atomic E-state index is -0.658. The molecule has 3 heterocycles. The molecule has 0 amide bonds. The third-order valence-corrected chi connectivity index (χ3v) is 14.5. The third kappa shape index (κ3) is 5.32. The summed E-state index contributed by atoms with van der Waals surface area (Å²) in [7, 11) is 0. The molecule has 5 heteroatoms. The number of para-hydroxylation sites is 4. The Balaban J connectivity index is 0.910. The van der Waals surface area contributed by atoms with Crippen LogP contribution in [0.15, 0.2) is 218 Å². The summed E-state index contributed by atoms with van der Waals surface area (Å²) in [5.41, 5.74) is 18.7. The molecule has 0 fully saturated rings. The Morgan fingerprint density at radius 2 is 0.735 bits per heavy atom. The number of hydrogen-bond donors (Lipinski definition) is 0. The van der Waals surface area contributed by atoms with Gasteiger partial charge in [-0.25, -0.2) is 0 Å². The van der Waals surface area contributed by atoms with E-state index in [4.69, 9.17) is 4.74 Å². The molecular weight excluding hydrogens is 833 g/mol. The van der Waals surface area contributed by atoms with Crippen LogP contribution in [0, 0.1) is 0 Å². The quantitative estimate of drug-likeness (QED) is 0.156. The summed E-state index contributed by atoms with van der Waals surface area (Å²) in [6.45, 7) is 0. The molecule has 0 unspecified atom stereocenters. The summed E-state index contributed by atoms with van der Waals surface area (Å²) in [6.07, 6.45) is 1.83. The number of nitrogens with zero attached hydrogens (tertiary/aromatic N) is 2. The highest BCUT2D eigenvalue weighted by Crippen LogP contribution is 2.63. The van der Waals surface area contributed by atoms with E-state index < -0.39 is 5.41 Å². The number of benzene rings is 10. The molecular formula is C63H38N2O3. The van der Waals surface area contributed by atoms with Crippen LogP contribution in [0.2, 0.25) is 0 Å². The number of fused-ring (bicyclic) bond motifs is 15. The fourth-order valence-corrected chi connectivity index (χ4v) is 11.5. The van der Waals surface area contributed by atoms with Crippen LogP contribution in [-0.2, 0) is 5.41 Å². The molecule has 0 bridgehead atoms. The maximum atomic E-state index is 11.8. The molecule has 318 valence electrons. The minimum Gasteiger partial charge on any atom is -0.457 e. The van der Waals surface area contributed by atoms with Gasteiger partial charge in [-0.15, -0.1) is 0 Å². The molecule has 1 aliphatic heterocycles. The molecule has 0 atom stereocenters. The molecule has 1 aliphatic carbocycles. The van der Waals surface area contributed by atoms with E-state index in [1.165, 1.54) is 22.3 Å². The third-order valence-electron chi connectivity index (χ3n) is 14.5. The molecule has 0 saturated carbocycles. The van der Waals surface area contributed by atoms with E-state index in [0.717, 1.165) is 112 Å². The topological polar surface area (TPSA) is 53.2 Å². The van der Waals surface area contributed by atoms with Gasteiger partial charge in [-0.3, -0.25) is 9.59 Å². The van der Waals surface area contributed by atoms with E-state index in [2.05, 4.69) is 191 Å². The predicted octanol–water partition coefficient (Wildman–Crippen LogP) is 15.3. The standard InChI is InChI=1S/C63H38N2O3/c66-37-39-17-31-59-51(33-39)49-9-1-5-13-57(49)64(59)45-25-19-41(20-26-45)43-23-29-47-48-30-24-44(36-56(48)63(55(47)35-43)53-11-3-7-15-61(53)68-62-16-8-4-12-54(62)63)42-21-27-46(28-22-42)65-58-14-6-2-10-50(58)52-34-40(38-67)18-32-60(52)65/h1-38H. The smallest absolute Gasteiger partial charge is 0.150 e. The van der Waals surface area contributed by atoms with Gasteiger partial charge in [0.05, 0.1) is 27.5 Å². The second-order valence-corrected chi connectivity index (χ2v) is 18.0. The van der Waals surface area contributed by atoms with Crippen molar-refractivity contribution in [2.24, 2.45) is 0 Å². The number of ether oxygens (including phenoxy) is 1. The maximum Gasteiger partial charge on any atom is 0.150 e. The second kappa shape index (κ2) is 14.5. The van der Waals surface area contributed by atoms with Gasteiger partial charge in [-0.1, -0.05) is 121 Å². The van der Waals surface area contributed by atoms with E-state index in [1.807, 2.05) is 36.4 Å². The number of carbonyl (C=O) groups excluding carboxylic acids is 2. The van der Waals surface area contributed by atoms with Gasteiger partial charge in [0.1, 0.15) is 24.1 Å². The Morgan fingerprint density at radius 3 is 1.19 bits per heavy atom. The van der Waals surface area contributed by atoms with Gasteiger partial charge in [0.15, 0.2) is 0 Å². The van der Waals surface area contributed by atoms with Gasteiger partial charge < -0.3 is 13.9 Å². The van der Waals surface area contributed by atoms with E-state index >= 15 is 0 Å². The average Bonchev–Trinajstić information content (AvgIpc) is 4.02. The first-order chi connectivity index (χ1) is 33.6. The molecule has 68 heavy (non-hydrogen) atoms. The van der Waals surface area contributed by atoms with Crippen LogP contribution >= 0.6 is 0 Å². The van der Waals surface area contributed by atoms with Crippen molar-refractivity contribution in [3.63, 3.8) is 0 Å². The van der Waals surface area contributed by atoms with Crippen LogP contribution < -0.4 is 4.74 Å². The van der Waals surface area contributed by atoms with Gasteiger partial charge >= 0.3 is 0 Å². The Bertz CT molecular complexity index is 3830. The van der Waals surface area contributed by atoms with Crippen molar-refractivity contribution in [3.8, 4) is 56.3 Å². The predicted molar refractivity (Wildman–Crippen MR) is 274 cm³/mol. The SMILES string of the molecule is O=Cc1ccc2c(c1)c1ccccc1n2-c1ccc(-c2ccc3c(c2)C2(c4ccccc4Oc4ccccc42)c2cc(-c4ccc(-n5c6ccccc6c6cc(C=O)ccc65)cc4)ccc2-3)cc1. The van der Waals surface area contributed by atoms with E-state index in [1.54, 1.807) is 0 Å². The lowest BCUT2D eigenvalue weighted by Gasteiger charge is -2.39. The highest BCUT2D eigenvalue weighted by atomic mass is 16.5. The maximum absolute atomic E-state index is 11.8. The van der Waals surface area contributed by atoms with E-state index in [9.17, 15) is 9.59 Å². The first kappa shape index (κ1) is 38.2. The number of carbonyl (C=O) groups is 2. The summed E-state index contributed by atoms with van der Waals surface area (Å²) in [4.78, 5) is 23.5. The average molecular weight is 871 g/mol. The zero-order chi connectivity index (χ0) is 45.1. The Hall–Kier alpha value is -9.06. The molecule has 1 spiro atoms. The van der Waals surface area contributed by atoms with Crippen LogP contribution in [0.4, 0.5) is 0 Å². The van der Waals surface area contributed by atoms with Crippen LogP contribution in [0.5, 0.6) is 11.5 Å². The second-order valence-electron chi connectivity index (χ2n) is 18.0. The monoisotopic (exact) mass is 870 g/mol. The highest BCUT2D eigenvalue weighted by Gasteiger charge is 2.51. The van der Waals surface area contributed by atoms with Crippen molar-refractivity contribution in [2.45, 2.75) is 5.41 Å². The van der Waals surface area contributed by atoms with Crippen molar-refractivity contribution in [2.75, 3.05) is 0 Å². The molecule has 12 aromatic rings. The molecule has 0 radical (unpaired) electrons. The summed E-state index contributed by atoms with van der Waals surface area (Å²) < 4.78 is 11.3. The van der Waals surface area contributed by atoms with Crippen molar-refractivity contribution < 1.29 is 14.3 Å². The largest absolute Gasteiger partial charge is 0.457 e. The summed E-state index contributed by atoms with van der Waals surface area (Å²) >= 11 is 0. The Labute approximate surface area is 391 Å². The van der Waals surface area contributed by atoms with Crippen LogP contribution in [0.1, 0.15) is 43.0 Å². The van der Waals surface area contributed by atoms with Gasteiger partial charge in [0.2, 0.25) is 0 Å². The summed E-state index contributed by atoms with van der Waals surface area (Å²) in [6, 6.07) is 77.3. The highest BCUT2D eigenvalue weighted by molar-refractivity contribution is 6.11. The van der Waals surface area contributed by atoms with Crippen molar-refractivity contribution in [1.29, 1.82) is 0 Å². The van der Waals surface area contributed by atoms with Crippen molar-refractivity contribution in [3.05, 3.63) is 252 Å². The lowest BCUT2D eigenvalue weighted by atomic mass is 9.65.